The predicted octanol–water partition coefficient (Wildman–Crippen LogP) is 1.65. The number of hydrogen-bond acceptors (Lipinski definition) is 4. The summed E-state index contributed by atoms with van der Waals surface area (Å²) in [7, 11) is 0. The lowest BCUT2D eigenvalue weighted by Crippen LogP contribution is -2.23. The lowest BCUT2D eigenvalue weighted by molar-refractivity contribution is 0.0945. The van der Waals surface area contributed by atoms with E-state index >= 15 is 0 Å². The lowest BCUT2D eigenvalue weighted by Gasteiger charge is -2.07. The van der Waals surface area contributed by atoms with Crippen LogP contribution in [0.25, 0.3) is 0 Å². The molecule has 2 aromatic heterocycles. The molecule has 0 atom stereocenters. The Balaban J connectivity index is 1.62. The Morgan fingerprint density at radius 2 is 2.05 bits per heavy atom. The summed E-state index contributed by atoms with van der Waals surface area (Å²) in [6.07, 6.45) is 6.58. The molecular formula is C16H15N5O. The smallest absolute Gasteiger partial charge is 0.270 e. The van der Waals surface area contributed by atoms with E-state index < -0.39 is 0 Å². The first-order chi connectivity index (χ1) is 10.8. The highest BCUT2D eigenvalue weighted by Crippen LogP contribution is 2.07. The molecule has 0 unspecified atom stereocenters. The zero-order chi connectivity index (χ0) is 15.2. The van der Waals surface area contributed by atoms with Gasteiger partial charge < -0.3 is 5.32 Å². The molecule has 0 spiro atoms. The zero-order valence-electron chi connectivity index (χ0n) is 11.9. The van der Waals surface area contributed by atoms with Crippen molar-refractivity contribution in [3.05, 3.63) is 78.1 Å². The van der Waals surface area contributed by atoms with Crippen LogP contribution in [0.3, 0.4) is 0 Å². The third-order valence-electron chi connectivity index (χ3n) is 3.16. The summed E-state index contributed by atoms with van der Waals surface area (Å²) in [5.41, 5.74) is 2.53. The SMILES string of the molecule is O=C(NCc1cccc(Cn2cccn2)c1)c1ccncn1. The second-order valence-electron chi connectivity index (χ2n) is 4.80. The van der Waals surface area contributed by atoms with Crippen LogP contribution < -0.4 is 5.32 Å². The summed E-state index contributed by atoms with van der Waals surface area (Å²) in [5, 5.41) is 7.04. The van der Waals surface area contributed by atoms with Crippen LogP contribution in [-0.2, 0) is 13.1 Å². The Morgan fingerprint density at radius 3 is 2.82 bits per heavy atom. The average molecular weight is 293 g/mol. The van der Waals surface area contributed by atoms with E-state index in [2.05, 4.69) is 26.4 Å². The second kappa shape index (κ2) is 6.62. The maximum absolute atomic E-state index is 11.9. The molecule has 3 rings (SSSR count). The number of nitrogens with one attached hydrogen (secondary N) is 1. The molecule has 22 heavy (non-hydrogen) atoms. The maximum Gasteiger partial charge on any atom is 0.270 e. The third-order valence-corrected chi connectivity index (χ3v) is 3.16. The van der Waals surface area contributed by atoms with Crippen molar-refractivity contribution in [2.75, 3.05) is 0 Å². The molecule has 2 heterocycles. The summed E-state index contributed by atoms with van der Waals surface area (Å²) in [4.78, 5) is 19.7. The minimum Gasteiger partial charge on any atom is -0.347 e. The molecule has 6 nitrogen and oxygen atoms in total. The number of carbonyl (C=O) groups excluding carboxylic acids is 1. The lowest BCUT2D eigenvalue weighted by atomic mass is 10.1. The Bertz CT molecular complexity index is 740. The molecule has 0 saturated carbocycles. The molecule has 0 aliphatic carbocycles. The fraction of sp³-hybridized carbons (Fsp3) is 0.125. The van der Waals surface area contributed by atoms with Gasteiger partial charge in [0.15, 0.2) is 0 Å². The van der Waals surface area contributed by atoms with Gasteiger partial charge in [0.1, 0.15) is 12.0 Å². The van der Waals surface area contributed by atoms with E-state index in [0.717, 1.165) is 11.1 Å². The quantitative estimate of drug-likeness (QED) is 0.776. The van der Waals surface area contributed by atoms with Crippen molar-refractivity contribution in [3.8, 4) is 0 Å². The van der Waals surface area contributed by atoms with E-state index in [9.17, 15) is 4.79 Å². The van der Waals surface area contributed by atoms with E-state index in [4.69, 9.17) is 0 Å². The van der Waals surface area contributed by atoms with Gasteiger partial charge in [0.25, 0.3) is 5.91 Å². The second-order valence-corrected chi connectivity index (χ2v) is 4.80. The van der Waals surface area contributed by atoms with Crippen molar-refractivity contribution in [2.45, 2.75) is 13.1 Å². The molecule has 1 aromatic carbocycles. The fourth-order valence-electron chi connectivity index (χ4n) is 2.12. The molecule has 0 aliphatic heterocycles. The van der Waals surface area contributed by atoms with Gasteiger partial charge in [-0.25, -0.2) is 9.97 Å². The van der Waals surface area contributed by atoms with Gasteiger partial charge in [0.2, 0.25) is 0 Å². The molecule has 0 fully saturated rings. The monoisotopic (exact) mass is 293 g/mol. The highest BCUT2D eigenvalue weighted by Gasteiger charge is 2.06. The van der Waals surface area contributed by atoms with Gasteiger partial charge >= 0.3 is 0 Å². The van der Waals surface area contributed by atoms with Crippen LogP contribution in [0.2, 0.25) is 0 Å². The highest BCUT2D eigenvalue weighted by molar-refractivity contribution is 5.91. The van der Waals surface area contributed by atoms with E-state index in [-0.39, 0.29) is 5.91 Å². The van der Waals surface area contributed by atoms with Gasteiger partial charge in [0.05, 0.1) is 6.54 Å². The van der Waals surface area contributed by atoms with Gasteiger partial charge in [-0.1, -0.05) is 24.3 Å². The van der Waals surface area contributed by atoms with Crippen molar-refractivity contribution >= 4 is 5.91 Å². The highest BCUT2D eigenvalue weighted by atomic mass is 16.1. The van der Waals surface area contributed by atoms with Crippen molar-refractivity contribution in [3.63, 3.8) is 0 Å². The third kappa shape index (κ3) is 3.54. The Kier molecular flexibility index (Phi) is 4.20. The maximum atomic E-state index is 11.9. The van der Waals surface area contributed by atoms with E-state index in [0.29, 0.717) is 18.8 Å². The van der Waals surface area contributed by atoms with Gasteiger partial charge in [-0.3, -0.25) is 9.48 Å². The van der Waals surface area contributed by atoms with Crippen LogP contribution in [0.15, 0.2) is 61.3 Å². The summed E-state index contributed by atoms with van der Waals surface area (Å²) < 4.78 is 1.86. The minimum atomic E-state index is -0.208. The van der Waals surface area contributed by atoms with Gasteiger partial charge in [-0.15, -0.1) is 0 Å². The van der Waals surface area contributed by atoms with E-state index in [1.54, 1.807) is 18.5 Å². The normalized spacial score (nSPS) is 10.4. The summed E-state index contributed by atoms with van der Waals surface area (Å²) >= 11 is 0. The first-order valence-corrected chi connectivity index (χ1v) is 6.91. The number of rotatable bonds is 5. The summed E-state index contributed by atoms with van der Waals surface area (Å²) in [6.45, 7) is 1.16. The topological polar surface area (TPSA) is 72.7 Å². The number of nitrogens with zero attached hydrogens (tertiary/aromatic N) is 4. The Labute approximate surface area is 127 Å². The van der Waals surface area contributed by atoms with Crippen molar-refractivity contribution in [2.24, 2.45) is 0 Å². The zero-order valence-corrected chi connectivity index (χ0v) is 11.9. The van der Waals surface area contributed by atoms with Crippen LogP contribution in [0.1, 0.15) is 21.6 Å². The molecule has 1 amide bonds. The first-order valence-electron chi connectivity index (χ1n) is 6.91. The van der Waals surface area contributed by atoms with Crippen LogP contribution in [-0.4, -0.2) is 25.7 Å². The van der Waals surface area contributed by atoms with Crippen LogP contribution in [0, 0.1) is 0 Å². The first kappa shape index (κ1) is 13.9. The fourth-order valence-corrected chi connectivity index (χ4v) is 2.12. The number of amides is 1. The Hall–Kier alpha value is -3.02. The molecular weight excluding hydrogens is 278 g/mol. The van der Waals surface area contributed by atoms with Crippen LogP contribution in [0.4, 0.5) is 0 Å². The molecule has 3 aromatic rings. The molecule has 0 aliphatic rings. The summed E-state index contributed by atoms with van der Waals surface area (Å²) in [5.74, 6) is -0.208. The number of benzene rings is 1. The standard InChI is InChI=1S/C16H15N5O/c22-16(15-5-7-17-12-19-15)18-10-13-3-1-4-14(9-13)11-21-8-2-6-20-21/h1-9,12H,10-11H2,(H,18,22). The largest absolute Gasteiger partial charge is 0.347 e. The number of hydrogen-bond donors (Lipinski definition) is 1. The molecule has 0 bridgehead atoms. The van der Waals surface area contributed by atoms with Crippen molar-refractivity contribution < 1.29 is 4.79 Å². The van der Waals surface area contributed by atoms with Gasteiger partial charge in [-0.2, -0.15) is 5.10 Å². The predicted molar refractivity (Wildman–Crippen MR) is 81.0 cm³/mol. The minimum absolute atomic E-state index is 0.208. The molecule has 0 saturated heterocycles. The summed E-state index contributed by atoms with van der Waals surface area (Å²) in [6, 6.07) is 11.5. The number of carbonyl (C=O) groups is 1. The van der Waals surface area contributed by atoms with Crippen molar-refractivity contribution in [1.29, 1.82) is 0 Å². The van der Waals surface area contributed by atoms with Crippen LogP contribution in [0.5, 0.6) is 0 Å². The van der Waals surface area contributed by atoms with E-state index in [1.807, 2.05) is 35.1 Å². The molecule has 6 heteroatoms. The average Bonchev–Trinajstić information content (AvgIpc) is 3.07. The van der Waals surface area contributed by atoms with Crippen molar-refractivity contribution in [1.82, 2.24) is 25.1 Å². The number of aromatic nitrogens is 4. The molecule has 110 valence electrons. The Morgan fingerprint density at radius 1 is 1.14 bits per heavy atom. The molecule has 0 radical (unpaired) electrons. The molecule has 1 N–H and O–H groups in total. The van der Waals surface area contributed by atoms with E-state index in [1.165, 1.54) is 6.33 Å². The van der Waals surface area contributed by atoms with Gasteiger partial charge in [-0.05, 0) is 23.3 Å². The van der Waals surface area contributed by atoms with Crippen LogP contribution >= 0.6 is 0 Å². The van der Waals surface area contributed by atoms with Gasteiger partial charge in [0, 0.05) is 25.1 Å².